The Morgan fingerprint density at radius 3 is 2.71 bits per heavy atom. The number of ether oxygens (including phenoxy) is 1. The maximum atomic E-state index is 10.7. The quantitative estimate of drug-likeness (QED) is 0.686. The third-order valence-electron chi connectivity index (χ3n) is 3.02. The first-order valence-electron chi connectivity index (χ1n) is 6.29. The van der Waals surface area contributed by atoms with Crippen molar-refractivity contribution < 1.29 is 9.66 Å². The highest BCUT2D eigenvalue weighted by molar-refractivity contribution is 6.32. The van der Waals surface area contributed by atoms with Crippen LogP contribution in [0, 0.1) is 10.1 Å². The topological polar surface area (TPSA) is 104 Å². The Labute approximate surface area is 124 Å². The number of hydrogen-bond donors (Lipinski definition) is 1. The van der Waals surface area contributed by atoms with Crippen molar-refractivity contribution in [3.8, 4) is 11.6 Å². The highest BCUT2D eigenvalue weighted by atomic mass is 35.5. The summed E-state index contributed by atoms with van der Waals surface area (Å²) < 4.78 is 5.56. The molecule has 1 aliphatic rings. The van der Waals surface area contributed by atoms with Crippen molar-refractivity contribution in [3.05, 3.63) is 45.2 Å². The van der Waals surface area contributed by atoms with Gasteiger partial charge in [-0.1, -0.05) is 11.6 Å². The minimum Gasteiger partial charge on any atom is -0.439 e. The van der Waals surface area contributed by atoms with Crippen molar-refractivity contribution in [2.24, 2.45) is 0 Å². The molecule has 1 aliphatic carbocycles. The third-order valence-corrected chi connectivity index (χ3v) is 3.32. The molecule has 1 fully saturated rings. The monoisotopic (exact) mass is 306 g/mol. The first-order chi connectivity index (χ1) is 10.0. The van der Waals surface area contributed by atoms with Crippen molar-refractivity contribution in [2.45, 2.75) is 18.8 Å². The predicted octanol–water partition coefficient (Wildman–Crippen LogP) is 3.29. The molecular formula is C13H11ClN4O3. The van der Waals surface area contributed by atoms with Gasteiger partial charge in [-0.15, -0.1) is 0 Å². The summed E-state index contributed by atoms with van der Waals surface area (Å²) in [4.78, 5) is 18.6. The van der Waals surface area contributed by atoms with Crippen LogP contribution in [0.1, 0.15) is 24.6 Å². The van der Waals surface area contributed by atoms with E-state index < -0.39 is 4.92 Å². The van der Waals surface area contributed by atoms with E-state index in [1.165, 1.54) is 24.3 Å². The largest absolute Gasteiger partial charge is 0.439 e. The van der Waals surface area contributed by atoms with Crippen molar-refractivity contribution in [1.29, 1.82) is 0 Å². The molecular weight excluding hydrogens is 296 g/mol. The lowest BCUT2D eigenvalue weighted by Crippen LogP contribution is -2.00. The van der Waals surface area contributed by atoms with Gasteiger partial charge in [0.25, 0.3) is 5.69 Å². The number of aromatic nitrogens is 2. The Bertz CT molecular complexity index is 719. The number of hydrogen-bond acceptors (Lipinski definition) is 6. The van der Waals surface area contributed by atoms with Crippen molar-refractivity contribution in [1.82, 2.24) is 9.97 Å². The number of nitrogens with two attached hydrogens (primary N) is 1. The molecule has 2 N–H and O–H groups in total. The molecule has 21 heavy (non-hydrogen) atoms. The van der Waals surface area contributed by atoms with Crippen LogP contribution in [0.25, 0.3) is 0 Å². The molecule has 2 aromatic rings. The Morgan fingerprint density at radius 2 is 2.10 bits per heavy atom. The van der Waals surface area contributed by atoms with E-state index in [4.69, 9.17) is 22.1 Å². The van der Waals surface area contributed by atoms with Crippen LogP contribution in [0.2, 0.25) is 5.02 Å². The number of nitrogens with zero attached hydrogens (tertiary/aromatic N) is 3. The first kappa shape index (κ1) is 13.6. The Kier molecular flexibility index (Phi) is 3.34. The van der Waals surface area contributed by atoms with Crippen molar-refractivity contribution >= 4 is 23.1 Å². The summed E-state index contributed by atoms with van der Waals surface area (Å²) in [7, 11) is 0. The zero-order chi connectivity index (χ0) is 15.0. The molecule has 7 nitrogen and oxygen atoms in total. The number of nitro groups is 1. The molecule has 0 spiro atoms. The number of anilines is 1. The maximum absolute atomic E-state index is 10.7. The van der Waals surface area contributed by atoms with Crippen LogP contribution in [0.5, 0.6) is 11.6 Å². The number of benzene rings is 1. The van der Waals surface area contributed by atoms with Crippen LogP contribution in [-0.2, 0) is 0 Å². The highest BCUT2D eigenvalue weighted by Gasteiger charge is 2.27. The molecule has 0 saturated heterocycles. The average molecular weight is 307 g/mol. The summed E-state index contributed by atoms with van der Waals surface area (Å²) in [5.41, 5.74) is 5.55. The fraction of sp³-hybridized carbons (Fsp3) is 0.231. The van der Waals surface area contributed by atoms with E-state index in [0.717, 1.165) is 12.8 Å². The number of nitro benzene ring substituents is 1. The molecule has 1 aromatic carbocycles. The van der Waals surface area contributed by atoms with Crippen molar-refractivity contribution in [2.75, 3.05) is 5.73 Å². The molecule has 0 aliphatic heterocycles. The second kappa shape index (κ2) is 5.17. The zero-order valence-corrected chi connectivity index (χ0v) is 11.6. The van der Waals surface area contributed by atoms with Gasteiger partial charge in [0.15, 0.2) is 0 Å². The fourth-order valence-corrected chi connectivity index (χ4v) is 2.10. The smallest absolute Gasteiger partial charge is 0.288 e. The van der Waals surface area contributed by atoms with Gasteiger partial charge in [-0.2, -0.15) is 4.98 Å². The summed E-state index contributed by atoms with van der Waals surface area (Å²) in [5.74, 6) is 1.99. The highest BCUT2D eigenvalue weighted by Crippen LogP contribution is 2.39. The second-order valence-electron chi connectivity index (χ2n) is 4.74. The fourth-order valence-electron chi connectivity index (χ4n) is 1.86. The molecule has 0 bridgehead atoms. The lowest BCUT2D eigenvalue weighted by Gasteiger charge is -2.07. The standard InChI is InChI=1S/C13H11ClN4O3/c14-9-5-8(3-4-10(9)18(19)20)21-12-6-11(15)16-13(17-12)7-1-2-7/h3-7H,1-2H2,(H2,15,16,17). The summed E-state index contributed by atoms with van der Waals surface area (Å²) in [6, 6.07) is 5.61. The maximum Gasteiger partial charge on any atom is 0.288 e. The molecule has 0 unspecified atom stereocenters. The Balaban J connectivity index is 1.86. The Morgan fingerprint density at radius 1 is 1.33 bits per heavy atom. The zero-order valence-electron chi connectivity index (χ0n) is 10.8. The van der Waals surface area contributed by atoms with E-state index in [9.17, 15) is 10.1 Å². The van der Waals surface area contributed by atoms with Gasteiger partial charge in [-0.3, -0.25) is 10.1 Å². The Hall–Kier alpha value is -2.41. The second-order valence-corrected chi connectivity index (χ2v) is 5.14. The van der Waals surface area contributed by atoms with Gasteiger partial charge in [0.05, 0.1) is 4.92 Å². The van der Waals surface area contributed by atoms with Gasteiger partial charge in [0.2, 0.25) is 5.88 Å². The lowest BCUT2D eigenvalue weighted by atomic mass is 10.3. The van der Waals surface area contributed by atoms with Crippen LogP contribution in [-0.4, -0.2) is 14.9 Å². The van der Waals surface area contributed by atoms with E-state index >= 15 is 0 Å². The van der Waals surface area contributed by atoms with Gasteiger partial charge < -0.3 is 10.5 Å². The molecule has 1 saturated carbocycles. The van der Waals surface area contributed by atoms with Gasteiger partial charge in [-0.05, 0) is 18.9 Å². The first-order valence-corrected chi connectivity index (χ1v) is 6.67. The summed E-state index contributed by atoms with van der Waals surface area (Å²) in [6.45, 7) is 0. The lowest BCUT2D eigenvalue weighted by molar-refractivity contribution is -0.384. The van der Waals surface area contributed by atoms with Gasteiger partial charge in [0, 0.05) is 24.1 Å². The molecule has 1 aromatic heterocycles. The van der Waals surface area contributed by atoms with Gasteiger partial charge in [-0.25, -0.2) is 4.98 Å². The average Bonchev–Trinajstić information content (AvgIpc) is 3.21. The molecule has 8 heteroatoms. The minimum absolute atomic E-state index is 0.00180. The van der Waals surface area contributed by atoms with E-state index in [0.29, 0.717) is 29.2 Å². The number of nitrogen functional groups attached to an aromatic ring is 1. The number of halogens is 1. The summed E-state index contributed by atoms with van der Waals surface area (Å²) in [5, 5.41) is 10.7. The summed E-state index contributed by atoms with van der Waals surface area (Å²) >= 11 is 5.83. The SMILES string of the molecule is Nc1cc(Oc2ccc([N+](=O)[O-])c(Cl)c2)nc(C2CC2)n1. The molecule has 3 rings (SSSR count). The van der Waals surface area contributed by atoms with E-state index in [1.54, 1.807) is 0 Å². The number of rotatable bonds is 4. The van der Waals surface area contributed by atoms with Crippen LogP contribution in [0.4, 0.5) is 11.5 Å². The van der Waals surface area contributed by atoms with E-state index in [2.05, 4.69) is 9.97 Å². The molecule has 0 amide bonds. The predicted molar refractivity (Wildman–Crippen MR) is 76.6 cm³/mol. The molecule has 0 radical (unpaired) electrons. The van der Waals surface area contributed by atoms with E-state index in [-0.39, 0.29) is 10.7 Å². The van der Waals surface area contributed by atoms with Crippen LogP contribution in [0.15, 0.2) is 24.3 Å². The van der Waals surface area contributed by atoms with Crippen molar-refractivity contribution in [3.63, 3.8) is 0 Å². The van der Waals surface area contributed by atoms with Gasteiger partial charge in [0.1, 0.15) is 22.4 Å². The van der Waals surface area contributed by atoms with Crippen LogP contribution < -0.4 is 10.5 Å². The minimum atomic E-state index is -0.556. The van der Waals surface area contributed by atoms with Crippen LogP contribution in [0.3, 0.4) is 0 Å². The molecule has 1 heterocycles. The third kappa shape index (κ3) is 3.03. The summed E-state index contributed by atoms with van der Waals surface area (Å²) in [6.07, 6.45) is 2.10. The van der Waals surface area contributed by atoms with Gasteiger partial charge >= 0.3 is 0 Å². The normalized spacial score (nSPS) is 14.0. The van der Waals surface area contributed by atoms with E-state index in [1.807, 2.05) is 0 Å². The molecule has 108 valence electrons. The molecule has 0 atom stereocenters. The van der Waals surface area contributed by atoms with Crippen LogP contribution >= 0.6 is 11.6 Å².